The number of carbonyl (C=O) groups excluding carboxylic acids is 3. The SMILES string of the molecule is Nc1nc(C(=NO)C(=O)NC2C(=O)N3C(C(=O)O)=C(COC(=O)N4CCCC4)CS[C@H]23)cs1. The highest BCUT2D eigenvalue weighted by molar-refractivity contribution is 8.00. The predicted molar refractivity (Wildman–Crippen MR) is 117 cm³/mol. The topological polar surface area (TPSA) is 188 Å². The Morgan fingerprint density at radius 2 is 2.06 bits per heavy atom. The van der Waals surface area contributed by atoms with Crippen LogP contribution in [0.2, 0.25) is 0 Å². The summed E-state index contributed by atoms with van der Waals surface area (Å²) in [6.45, 7) is 0.947. The van der Waals surface area contributed by atoms with E-state index in [-0.39, 0.29) is 28.9 Å². The van der Waals surface area contributed by atoms with Crippen LogP contribution >= 0.6 is 23.1 Å². The lowest BCUT2D eigenvalue weighted by atomic mass is 10.0. The first-order valence-corrected chi connectivity index (χ1v) is 11.8. The molecule has 4 rings (SSSR count). The van der Waals surface area contributed by atoms with Crippen molar-refractivity contribution in [1.29, 1.82) is 0 Å². The van der Waals surface area contributed by atoms with Gasteiger partial charge in [0.25, 0.3) is 11.8 Å². The van der Waals surface area contributed by atoms with Crippen LogP contribution in [0.1, 0.15) is 18.5 Å². The highest BCUT2D eigenvalue weighted by Crippen LogP contribution is 2.40. The number of aromatic nitrogens is 1. The zero-order chi connectivity index (χ0) is 23.7. The van der Waals surface area contributed by atoms with Crippen molar-refractivity contribution in [2.75, 3.05) is 31.2 Å². The van der Waals surface area contributed by atoms with Crippen LogP contribution in [-0.4, -0.2) is 91.6 Å². The Morgan fingerprint density at radius 3 is 2.67 bits per heavy atom. The van der Waals surface area contributed by atoms with Crippen LogP contribution in [0.5, 0.6) is 0 Å². The predicted octanol–water partition coefficient (Wildman–Crippen LogP) is -0.125. The molecule has 33 heavy (non-hydrogen) atoms. The molecule has 1 aromatic heterocycles. The summed E-state index contributed by atoms with van der Waals surface area (Å²) in [6.07, 6.45) is 1.27. The fourth-order valence-electron chi connectivity index (χ4n) is 3.75. The first kappa shape index (κ1) is 22.8. The molecule has 0 aliphatic carbocycles. The molecule has 3 amide bonds. The summed E-state index contributed by atoms with van der Waals surface area (Å²) >= 11 is 2.27. The minimum absolute atomic E-state index is 0.0469. The number of likely N-dealkylation sites (tertiary alicyclic amines) is 1. The van der Waals surface area contributed by atoms with E-state index in [0.717, 1.165) is 29.1 Å². The Hall–Kier alpha value is -3.33. The van der Waals surface area contributed by atoms with Crippen LogP contribution in [0.3, 0.4) is 0 Å². The van der Waals surface area contributed by atoms with E-state index in [9.17, 15) is 29.5 Å². The lowest BCUT2D eigenvalue weighted by Crippen LogP contribution is -2.71. The number of β-lactam (4-membered cyclic amide) rings is 1. The summed E-state index contributed by atoms with van der Waals surface area (Å²) in [5, 5.41) is 25.2. The number of thioether (sulfide) groups is 1. The summed E-state index contributed by atoms with van der Waals surface area (Å²) < 4.78 is 5.26. The largest absolute Gasteiger partial charge is 0.477 e. The van der Waals surface area contributed by atoms with Crippen molar-refractivity contribution in [3.8, 4) is 0 Å². The minimum atomic E-state index is -1.33. The number of fused-ring (bicyclic) bond motifs is 1. The van der Waals surface area contributed by atoms with Crippen LogP contribution in [-0.2, 0) is 19.1 Å². The Labute approximate surface area is 195 Å². The van der Waals surface area contributed by atoms with Crippen LogP contribution in [0.4, 0.5) is 9.93 Å². The lowest BCUT2D eigenvalue weighted by Gasteiger charge is -2.49. The molecule has 4 heterocycles. The smallest absolute Gasteiger partial charge is 0.410 e. The summed E-state index contributed by atoms with van der Waals surface area (Å²) in [5.74, 6) is -2.63. The second-order valence-corrected chi connectivity index (χ2v) is 9.38. The van der Waals surface area contributed by atoms with Gasteiger partial charge in [-0.1, -0.05) is 5.16 Å². The molecule has 3 aliphatic heterocycles. The number of hydrogen-bond donors (Lipinski definition) is 4. The molecule has 2 atom stereocenters. The fraction of sp³-hybridized carbons (Fsp3) is 0.444. The van der Waals surface area contributed by atoms with Gasteiger partial charge in [-0.25, -0.2) is 14.6 Å². The normalized spacial score (nSPS) is 22.7. The third-order valence-electron chi connectivity index (χ3n) is 5.35. The molecule has 1 aromatic rings. The first-order valence-electron chi connectivity index (χ1n) is 9.87. The molecule has 2 fully saturated rings. The van der Waals surface area contributed by atoms with Crippen molar-refractivity contribution in [2.45, 2.75) is 24.3 Å². The van der Waals surface area contributed by atoms with E-state index >= 15 is 0 Å². The van der Waals surface area contributed by atoms with Gasteiger partial charge in [0.15, 0.2) is 10.8 Å². The second kappa shape index (κ2) is 9.27. The molecule has 0 bridgehead atoms. The molecular formula is C18H20N6O7S2. The Balaban J connectivity index is 1.44. The number of amides is 3. The maximum Gasteiger partial charge on any atom is 0.410 e. The zero-order valence-electron chi connectivity index (χ0n) is 17.1. The lowest BCUT2D eigenvalue weighted by molar-refractivity contribution is -0.150. The zero-order valence-corrected chi connectivity index (χ0v) is 18.7. The number of carboxylic acid groups (broad SMARTS) is 1. The Bertz CT molecular complexity index is 1060. The van der Waals surface area contributed by atoms with Gasteiger partial charge in [-0.15, -0.1) is 23.1 Å². The average Bonchev–Trinajstić information content (AvgIpc) is 3.47. The van der Waals surface area contributed by atoms with E-state index < -0.39 is 41.0 Å². The number of rotatable bonds is 6. The third-order valence-corrected chi connectivity index (χ3v) is 7.36. The molecule has 0 radical (unpaired) electrons. The number of aliphatic carboxylic acids is 1. The van der Waals surface area contributed by atoms with Gasteiger partial charge in [-0.2, -0.15) is 0 Å². The second-order valence-electron chi connectivity index (χ2n) is 7.39. The quantitative estimate of drug-likeness (QED) is 0.179. The van der Waals surface area contributed by atoms with Gasteiger partial charge in [-0.05, 0) is 12.8 Å². The number of ether oxygens (including phenoxy) is 1. The van der Waals surface area contributed by atoms with E-state index in [1.807, 2.05) is 0 Å². The van der Waals surface area contributed by atoms with Gasteiger partial charge < -0.3 is 31.0 Å². The van der Waals surface area contributed by atoms with Crippen molar-refractivity contribution in [3.63, 3.8) is 0 Å². The van der Waals surface area contributed by atoms with Gasteiger partial charge in [0.2, 0.25) is 0 Å². The molecule has 1 unspecified atom stereocenters. The highest BCUT2D eigenvalue weighted by Gasteiger charge is 2.54. The number of nitrogens with one attached hydrogen (secondary N) is 1. The van der Waals surface area contributed by atoms with Gasteiger partial charge in [0, 0.05) is 29.8 Å². The molecule has 176 valence electrons. The number of nitrogens with two attached hydrogens (primary N) is 1. The number of hydrogen-bond acceptors (Lipinski definition) is 11. The molecular weight excluding hydrogens is 476 g/mol. The van der Waals surface area contributed by atoms with Crippen LogP contribution in [0.25, 0.3) is 0 Å². The number of oxime groups is 1. The standard InChI is InChI=1S/C18H20N6O7S2/c19-17-20-9(7-33-17)10(22-30)13(25)21-11-14(26)24-12(16(27)28)8(6-32-15(11)24)5-31-18(29)23-3-1-2-4-23/h7,11,15,30H,1-6H2,(H2,19,20)(H,21,25)(H,27,28)/t11?,15-/m1/s1. The monoisotopic (exact) mass is 496 g/mol. The summed E-state index contributed by atoms with van der Waals surface area (Å²) in [6, 6.07) is -1.03. The van der Waals surface area contributed by atoms with Gasteiger partial charge in [0.1, 0.15) is 29.4 Å². The minimum Gasteiger partial charge on any atom is -0.477 e. The molecule has 2 saturated heterocycles. The van der Waals surface area contributed by atoms with E-state index in [4.69, 9.17) is 10.5 Å². The van der Waals surface area contributed by atoms with Gasteiger partial charge in [0.05, 0.1) is 0 Å². The van der Waals surface area contributed by atoms with E-state index in [1.54, 1.807) is 4.90 Å². The number of carboxylic acids is 1. The average molecular weight is 497 g/mol. The number of carbonyl (C=O) groups is 4. The maximum absolute atomic E-state index is 12.7. The number of anilines is 1. The van der Waals surface area contributed by atoms with E-state index in [2.05, 4.69) is 15.5 Å². The number of nitrogens with zero attached hydrogens (tertiary/aromatic N) is 4. The van der Waals surface area contributed by atoms with Crippen molar-refractivity contribution in [2.24, 2.45) is 5.16 Å². The maximum atomic E-state index is 12.7. The number of thiazole rings is 1. The van der Waals surface area contributed by atoms with Crippen molar-refractivity contribution < 1.29 is 34.2 Å². The molecule has 3 aliphatic rings. The molecule has 0 aromatic carbocycles. The molecule has 0 saturated carbocycles. The molecule has 5 N–H and O–H groups in total. The Kier molecular flexibility index (Phi) is 6.42. The number of nitrogen functional groups attached to an aromatic ring is 1. The summed E-state index contributed by atoms with van der Waals surface area (Å²) in [7, 11) is 0. The van der Waals surface area contributed by atoms with Crippen molar-refractivity contribution in [3.05, 3.63) is 22.3 Å². The van der Waals surface area contributed by atoms with Gasteiger partial charge >= 0.3 is 12.1 Å². The molecule has 0 spiro atoms. The van der Waals surface area contributed by atoms with E-state index in [0.29, 0.717) is 18.7 Å². The van der Waals surface area contributed by atoms with Crippen LogP contribution < -0.4 is 11.1 Å². The summed E-state index contributed by atoms with van der Waals surface area (Å²) in [5.41, 5.74) is 5.20. The molecule has 13 nitrogen and oxygen atoms in total. The third kappa shape index (κ3) is 4.32. The van der Waals surface area contributed by atoms with Crippen molar-refractivity contribution >= 4 is 57.8 Å². The van der Waals surface area contributed by atoms with Crippen LogP contribution in [0, 0.1) is 0 Å². The molecule has 15 heteroatoms. The fourth-order valence-corrected chi connectivity index (χ4v) is 5.63. The highest BCUT2D eigenvalue weighted by atomic mass is 32.2. The van der Waals surface area contributed by atoms with Crippen LogP contribution in [0.15, 0.2) is 21.8 Å². The van der Waals surface area contributed by atoms with Gasteiger partial charge in [-0.3, -0.25) is 14.5 Å². The van der Waals surface area contributed by atoms with Crippen molar-refractivity contribution in [1.82, 2.24) is 20.1 Å². The Morgan fingerprint density at radius 1 is 1.33 bits per heavy atom. The summed E-state index contributed by atoms with van der Waals surface area (Å²) in [4.78, 5) is 55.8. The first-order chi connectivity index (χ1) is 15.8. The van der Waals surface area contributed by atoms with E-state index in [1.165, 1.54) is 17.1 Å².